The number of rotatable bonds is 10. The number of hydrogen-bond donors (Lipinski definition) is 1. The van der Waals surface area contributed by atoms with Crippen LogP contribution in [0.15, 0.2) is 12.3 Å². The van der Waals surface area contributed by atoms with Crippen molar-refractivity contribution in [2.75, 3.05) is 0 Å². The molecule has 2 aliphatic carbocycles. The average Bonchev–Trinajstić information content (AvgIpc) is 3.30. The maximum Gasteiger partial charge on any atom is 0.408 e. The topological polar surface area (TPSA) is 107 Å². The molecule has 0 aromatic carbocycles. The molecule has 1 amide bonds. The molecule has 8 nitrogen and oxygen atoms in total. The maximum absolute atomic E-state index is 13.5. The van der Waals surface area contributed by atoms with Crippen LogP contribution in [0.25, 0.3) is 0 Å². The largest absolute Gasteiger partial charge is 0.444 e. The second-order valence-electron chi connectivity index (χ2n) is 11.6. The zero-order chi connectivity index (χ0) is 25.1. The van der Waals surface area contributed by atoms with Crippen molar-refractivity contribution in [1.29, 1.82) is 0 Å². The molecule has 0 radical (unpaired) electrons. The van der Waals surface area contributed by atoms with Crippen molar-refractivity contribution < 1.29 is 23.9 Å². The predicted octanol–water partition coefficient (Wildman–Crippen LogP) is 4.09. The minimum atomic E-state index is -0.965. The van der Waals surface area contributed by atoms with Gasteiger partial charge in [-0.3, -0.25) is 19.1 Å². The van der Waals surface area contributed by atoms with Crippen molar-refractivity contribution in [3.05, 3.63) is 18.0 Å². The highest BCUT2D eigenvalue weighted by molar-refractivity contribution is 6.40. The van der Waals surface area contributed by atoms with E-state index in [0.29, 0.717) is 25.0 Å². The van der Waals surface area contributed by atoms with Gasteiger partial charge >= 0.3 is 6.09 Å². The van der Waals surface area contributed by atoms with E-state index in [4.69, 9.17) is 4.74 Å². The van der Waals surface area contributed by atoms with Crippen LogP contribution in [0, 0.1) is 10.8 Å². The summed E-state index contributed by atoms with van der Waals surface area (Å²) >= 11 is 0. The molecule has 34 heavy (non-hydrogen) atoms. The quantitative estimate of drug-likeness (QED) is 0.513. The number of ether oxygens (including phenoxy) is 1. The lowest BCUT2D eigenvalue weighted by molar-refractivity contribution is -0.148. The molecule has 2 aliphatic rings. The molecule has 2 saturated carbocycles. The molecule has 3 rings (SSSR count). The number of alkyl carbamates (subject to hydrolysis) is 1. The van der Waals surface area contributed by atoms with Crippen molar-refractivity contribution in [2.24, 2.45) is 17.9 Å². The van der Waals surface area contributed by atoms with Crippen LogP contribution in [0.3, 0.4) is 0 Å². The summed E-state index contributed by atoms with van der Waals surface area (Å²) in [6.07, 6.45) is 7.56. The van der Waals surface area contributed by atoms with Gasteiger partial charge in [0.15, 0.2) is 5.78 Å². The fourth-order valence-electron chi connectivity index (χ4n) is 5.26. The third-order valence-electron chi connectivity index (χ3n) is 7.26. The summed E-state index contributed by atoms with van der Waals surface area (Å²) < 4.78 is 7.00. The summed E-state index contributed by atoms with van der Waals surface area (Å²) in [6, 6.07) is 0.974. The van der Waals surface area contributed by atoms with Crippen LogP contribution in [0.2, 0.25) is 0 Å². The van der Waals surface area contributed by atoms with Crippen LogP contribution in [0.4, 0.5) is 4.79 Å². The molecular formula is C26H39N3O5. The minimum absolute atomic E-state index is 0.0314. The van der Waals surface area contributed by atoms with E-state index < -0.39 is 34.7 Å². The van der Waals surface area contributed by atoms with Crippen LogP contribution >= 0.6 is 0 Å². The molecule has 2 fully saturated rings. The fourth-order valence-corrected chi connectivity index (χ4v) is 5.26. The minimum Gasteiger partial charge on any atom is -0.444 e. The molecule has 1 aromatic rings. The molecule has 1 heterocycles. The summed E-state index contributed by atoms with van der Waals surface area (Å²) in [5.74, 6) is -1.19. The predicted molar refractivity (Wildman–Crippen MR) is 127 cm³/mol. The number of Topliss-reactive ketones (excluding diaryl/α,β-unsaturated/α-hetero) is 3. The highest BCUT2D eigenvalue weighted by atomic mass is 16.6. The monoisotopic (exact) mass is 473 g/mol. The molecule has 0 unspecified atom stereocenters. The third-order valence-corrected chi connectivity index (χ3v) is 7.26. The molecule has 1 atom stereocenters. The second-order valence-corrected chi connectivity index (χ2v) is 11.6. The van der Waals surface area contributed by atoms with Gasteiger partial charge in [-0.1, -0.05) is 26.2 Å². The van der Waals surface area contributed by atoms with E-state index >= 15 is 0 Å². The zero-order valence-electron chi connectivity index (χ0n) is 21.2. The van der Waals surface area contributed by atoms with Gasteiger partial charge in [0.05, 0.1) is 18.2 Å². The molecule has 0 bridgehead atoms. The Kier molecular flexibility index (Phi) is 7.68. The van der Waals surface area contributed by atoms with Gasteiger partial charge in [-0.15, -0.1) is 0 Å². The summed E-state index contributed by atoms with van der Waals surface area (Å²) in [5, 5.41) is 6.98. The van der Waals surface area contributed by atoms with E-state index in [0.717, 1.165) is 32.1 Å². The Hall–Kier alpha value is -2.51. The Morgan fingerprint density at radius 3 is 2.26 bits per heavy atom. The SMILES string of the molecule is Cn1ccc(CC(=O)C(=O)C2(CC(=O)[C@H](CC3(C)CCCC3)NC(=O)OC(C)(C)C)CCC2)n1. The number of ketones is 3. The van der Waals surface area contributed by atoms with Crippen molar-refractivity contribution in [2.45, 2.75) is 104 Å². The lowest BCUT2D eigenvalue weighted by atomic mass is 9.61. The summed E-state index contributed by atoms with van der Waals surface area (Å²) in [6.45, 7) is 7.47. The Labute approximate surface area is 202 Å². The maximum atomic E-state index is 13.5. The summed E-state index contributed by atoms with van der Waals surface area (Å²) in [5.41, 5.74) is -1.15. The Morgan fingerprint density at radius 2 is 1.76 bits per heavy atom. The number of hydrogen-bond acceptors (Lipinski definition) is 6. The number of carbonyl (C=O) groups excluding carboxylic acids is 4. The van der Waals surface area contributed by atoms with Gasteiger partial charge in [-0.2, -0.15) is 5.10 Å². The Bertz CT molecular complexity index is 932. The molecule has 0 saturated heterocycles. The van der Waals surface area contributed by atoms with Crippen LogP contribution in [-0.4, -0.2) is 44.9 Å². The van der Waals surface area contributed by atoms with Gasteiger partial charge in [0.2, 0.25) is 11.6 Å². The molecule has 188 valence electrons. The van der Waals surface area contributed by atoms with Gasteiger partial charge in [0, 0.05) is 25.1 Å². The number of nitrogens with zero attached hydrogens (tertiary/aromatic N) is 2. The number of aromatic nitrogens is 2. The van der Waals surface area contributed by atoms with E-state index in [1.165, 1.54) is 0 Å². The molecule has 0 spiro atoms. The highest BCUT2D eigenvalue weighted by Crippen LogP contribution is 2.47. The van der Waals surface area contributed by atoms with Crippen LogP contribution in [-0.2, 0) is 32.6 Å². The van der Waals surface area contributed by atoms with Crippen LogP contribution in [0.5, 0.6) is 0 Å². The van der Waals surface area contributed by atoms with E-state index in [9.17, 15) is 19.2 Å². The highest BCUT2D eigenvalue weighted by Gasteiger charge is 2.49. The third kappa shape index (κ3) is 6.54. The van der Waals surface area contributed by atoms with E-state index in [1.54, 1.807) is 44.8 Å². The normalized spacial score (nSPS) is 19.7. The lowest BCUT2D eigenvalue weighted by Crippen LogP contribution is -2.50. The van der Waals surface area contributed by atoms with Gasteiger partial charge in [-0.25, -0.2) is 4.79 Å². The first kappa shape index (κ1) is 26.1. The number of amides is 1. The van der Waals surface area contributed by atoms with E-state index in [2.05, 4.69) is 17.3 Å². The van der Waals surface area contributed by atoms with Crippen LogP contribution in [0.1, 0.15) is 91.2 Å². The summed E-state index contributed by atoms with van der Waals surface area (Å²) in [7, 11) is 1.75. The van der Waals surface area contributed by atoms with Gasteiger partial charge in [0.25, 0.3) is 0 Å². The average molecular weight is 474 g/mol. The number of carbonyl (C=O) groups is 4. The van der Waals surface area contributed by atoms with Crippen LogP contribution < -0.4 is 5.32 Å². The van der Waals surface area contributed by atoms with Crippen molar-refractivity contribution in [3.63, 3.8) is 0 Å². The molecule has 1 N–H and O–H groups in total. The Morgan fingerprint density at radius 1 is 1.12 bits per heavy atom. The summed E-state index contributed by atoms with van der Waals surface area (Å²) in [4.78, 5) is 52.0. The Balaban J connectivity index is 1.72. The zero-order valence-corrected chi connectivity index (χ0v) is 21.2. The lowest BCUT2D eigenvalue weighted by Gasteiger charge is -2.40. The number of nitrogens with one attached hydrogen (secondary N) is 1. The first-order chi connectivity index (χ1) is 15.8. The first-order valence-electron chi connectivity index (χ1n) is 12.4. The van der Waals surface area contributed by atoms with E-state index in [1.807, 2.05) is 0 Å². The fraction of sp³-hybridized carbons (Fsp3) is 0.731. The standard InChI is InChI=1S/C26H39N3O5/c1-24(2,3)34-23(33)27-19(16-25(4)10-6-7-11-25)21(31)17-26(12-8-13-26)22(32)20(30)15-18-9-14-29(5)28-18/h9,14,19H,6-8,10-13,15-17H2,1-5H3,(H,27,33)/t19-/m0/s1. The molecule has 0 aliphatic heterocycles. The van der Waals surface area contributed by atoms with Crippen molar-refractivity contribution >= 4 is 23.4 Å². The van der Waals surface area contributed by atoms with Gasteiger partial charge in [-0.05, 0) is 64.4 Å². The second kappa shape index (κ2) is 10.0. The smallest absolute Gasteiger partial charge is 0.408 e. The van der Waals surface area contributed by atoms with E-state index in [-0.39, 0.29) is 24.0 Å². The molecular weight excluding hydrogens is 434 g/mol. The van der Waals surface area contributed by atoms with Crippen molar-refractivity contribution in [1.82, 2.24) is 15.1 Å². The van der Waals surface area contributed by atoms with Gasteiger partial charge < -0.3 is 10.1 Å². The van der Waals surface area contributed by atoms with Gasteiger partial charge in [0.1, 0.15) is 5.60 Å². The van der Waals surface area contributed by atoms with Crippen molar-refractivity contribution in [3.8, 4) is 0 Å². The number of aryl methyl sites for hydroxylation is 1. The molecule has 1 aromatic heterocycles. The first-order valence-corrected chi connectivity index (χ1v) is 12.4. The molecule has 8 heteroatoms.